The maximum atomic E-state index is 11.2. The Bertz CT molecular complexity index is 824. The fourth-order valence-corrected chi connectivity index (χ4v) is 2.68. The fourth-order valence-electron chi connectivity index (χ4n) is 2.68. The van der Waals surface area contributed by atoms with E-state index in [1.807, 2.05) is 16.7 Å². The van der Waals surface area contributed by atoms with Crippen LogP contribution in [0.5, 0.6) is 0 Å². The number of nitrogens with two attached hydrogens (primary N) is 1. The van der Waals surface area contributed by atoms with E-state index in [0.717, 1.165) is 11.3 Å². The van der Waals surface area contributed by atoms with Crippen LogP contribution in [0.1, 0.15) is 43.9 Å². The lowest BCUT2D eigenvalue weighted by Crippen LogP contribution is -2.15. The van der Waals surface area contributed by atoms with Crippen molar-refractivity contribution in [1.82, 2.24) is 9.38 Å². The monoisotopic (exact) mass is 312 g/mol. The maximum Gasteiger partial charge on any atom is 0.339 e. The molecule has 120 valence electrons. The number of hydrogen-bond donors (Lipinski definition) is 2. The number of allylic oxidation sites excluding steroid dienone is 1. The minimum Gasteiger partial charge on any atom is -0.478 e. The molecule has 1 aliphatic carbocycles. The zero-order chi connectivity index (χ0) is 16.6. The van der Waals surface area contributed by atoms with Gasteiger partial charge in [-0.25, -0.2) is 9.78 Å². The van der Waals surface area contributed by atoms with Crippen LogP contribution in [0.25, 0.3) is 5.65 Å². The standard InChI is InChI=1S/C17H20N4O2/c1-10(18)16(17(22)23)11(2)19-7-14-9-21-8-13(12-3-4-12)5-6-15(21)20-14/h5-6,8-9,12H,3-4,7,18H2,1-2H3,(H,22,23)/b16-10+,19-11?. The van der Waals surface area contributed by atoms with E-state index in [4.69, 9.17) is 5.73 Å². The van der Waals surface area contributed by atoms with Gasteiger partial charge in [0, 0.05) is 23.8 Å². The number of pyridine rings is 1. The average Bonchev–Trinajstić information content (AvgIpc) is 3.24. The van der Waals surface area contributed by atoms with Gasteiger partial charge in [0.15, 0.2) is 0 Å². The molecule has 0 bridgehead atoms. The van der Waals surface area contributed by atoms with Crippen LogP contribution in [-0.2, 0) is 11.3 Å². The minimum atomic E-state index is -1.06. The Morgan fingerprint density at radius 2 is 2.13 bits per heavy atom. The lowest BCUT2D eigenvalue weighted by atomic mass is 10.1. The van der Waals surface area contributed by atoms with Gasteiger partial charge in [0.2, 0.25) is 0 Å². The van der Waals surface area contributed by atoms with Crippen molar-refractivity contribution in [1.29, 1.82) is 0 Å². The van der Waals surface area contributed by atoms with Gasteiger partial charge in [-0.3, -0.25) is 4.99 Å². The summed E-state index contributed by atoms with van der Waals surface area (Å²) in [7, 11) is 0. The lowest BCUT2D eigenvalue weighted by Gasteiger charge is -2.03. The Kier molecular flexibility index (Phi) is 3.90. The number of aliphatic carboxylic acids is 1. The number of aliphatic imine (C=N–C) groups is 1. The van der Waals surface area contributed by atoms with Crippen LogP contribution < -0.4 is 5.73 Å². The van der Waals surface area contributed by atoms with E-state index in [1.165, 1.54) is 18.4 Å². The predicted octanol–water partition coefficient (Wildman–Crippen LogP) is 2.49. The molecule has 6 nitrogen and oxygen atoms in total. The lowest BCUT2D eigenvalue weighted by molar-refractivity contribution is -0.132. The molecule has 0 atom stereocenters. The maximum absolute atomic E-state index is 11.2. The number of carbonyl (C=O) groups is 1. The van der Waals surface area contributed by atoms with Crippen molar-refractivity contribution in [3.8, 4) is 0 Å². The second kappa shape index (κ2) is 5.87. The summed E-state index contributed by atoms with van der Waals surface area (Å²) < 4.78 is 2.01. The Morgan fingerprint density at radius 1 is 1.39 bits per heavy atom. The van der Waals surface area contributed by atoms with Crippen molar-refractivity contribution in [2.45, 2.75) is 39.2 Å². The first-order chi connectivity index (χ1) is 11.0. The summed E-state index contributed by atoms with van der Waals surface area (Å²) in [5.74, 6) is -0.364. The van der Waals surface area contributed by atoms with E-state index in [9.17, 15) is 9.90 Å². The highest BCUT2D eigenvalue weighted by atomic mass is 16.4. The van der Waals surface area contributed by atoms with E-state index in [1.54, 1.807) is 13.8 Å². The Balaban J connectivity index is 1.82. The summed E-state index contributed by atoms with van der Waals surface area (Å²) in [4.78, 5) is 20.0. The van der Waals surface area contributed by atoms with Crippen molar-refractivity contribution >= 4 is 17.3 Å². The first-order valence-corrected chi connectivity index (χ1v) is 7.64. The summed E-state index contributed by atoms with van der Waals surface area (Å²) in [5, 5.41) is 9.18. The first-order valence-electron chi connectivity index (χ1n) is 7.64. The minimum absolute atomic E-state index is 0.0600. The Labute approximate surface area is 134 Å². The number of imidazole rings is 1. The SMILES string of the molecule is CC(=NCc1cn2cc(C3CC3)ccc2n1)/C(C(=O)O)=C(/C)N. The van der Waals surface area contributed by atoms with Crippen LogP contribution >= 0.6 is 0 Å². The van der Waals surface area contributed by atoms with Gasteiger partial charge in [-0.2, -0.15) is 0 Å². The molecule has 2 aromatic heterocycles. The summed E-state index contributed by atoms with van der Waals surface area (Å²) in [6.45, 7) is 3.55. The molecule has 3 rings (SSSR count). The molecule has 2 aromatic rings. The molecule has 0 unspecified atom stereocenters. The van der Waals surface area contributed by atoms with Gasteiger partial charge >= 0.3 is 5.97 Å². The van der Waals surface area contributed by atoms with E-state index in [-0.39, 0.29) is 11.3 Å². The topological polar surface area (TPSA) is 93.0 Å². The number of fused-ring (bicyclic) bond motifs is 1. The predicted molar refractivity (Wildman–Crippen MR) is 88.5 cm³/mol. The van der Waals surface area contributed by atoms with Gasteiger partial charge in [-0.1, -0.05) is 6.07 Å². The van der Waals surface area contributed by atoms with Gasteiger partial charge < -0.3 is 15.2 Å². The molecule has 0 aliphatic heterocycles. The smallest absolute Gasteiger partial charge is 0.339 e. The number of rotatable bonds is 5. The van der Waals surface area contributed by atoms with Gasteiger partial charge in [0.25, 0.3) is 0 Å². The molecule has 2 heterocycles. The van der Waals surface area contributed by atoms with Gasteiger partial charge in [-0.05, 0) is 44.2 Å². The van der Waals surface area contributed by atoms with Crippen LogP contribution in [0.15, 0.2) is 40.8 Å². The van der Waals surface area contributed by atoms with Crippen LogP contribution in [-0.4, -0.2) is 26.2 Å². The highest BCUT2D eigenvalue weighted by molar-refractivity contribution is 6.18. The van der Waals surface area contributed by atoms with Crippen LogP contribution in [0.3, 0.4) is 0 Å². The highest BCUT2D eigenvalue weighted by Crippen LogP contribution is 2.39. The van der Waals surface area contributed by atoms with E-state index >= 15 is 0 Å². The molecule has 0 amide bonds. The number of aromatic nitrogens is 2. The Hall–Kier alpha value is -2.63. The zero-order valence-corrected chi connectivity index (χ0v) is 13.3. The van der Waals surface area contributed by atoms with Gasteiger partial charge in [-0.15, -0.1) is 0 Å². The molecular weight excluding hydrogens is 292 g/mol. The van der Waals surface area contributed by atoms with Crippen molar-refractivity contribution in [3.63, 3.8) is 0 Å². The number of hydrogen-bond acceptors (Lipinski definition) is 4. The van der Waals surface area contributed by atoms with Crippen LogP contribution in [0, 0.1) is 0 Å². The zero-order valence-electron chi connectivity index (χ0n) is 13.3. The summed E-state index contributed by atoms with van der Waals surface area (Å²) >= 11 is 0. The molecular formula is C17H20N4O2. The number of carboxylic acids is 1. The van der Waals surface area contributed by atoms with Crippen molar-refractivity contribution in [2.75, 3.05) is 0 Å². The molecule has 1 aliphatic rings. The van der Waals surface area contributed by atoms with Crippen molar-refractivity contribution < 1.29 is 9.90 Å². The molecule has 0 radical (unpaired) electrons. The van der Waals surface area contributed by atoms with Crippen molar-refractivity contribution in [2.24, 2.45) is 10.7 Å². The number of nitrogens with zero attached hydrogens (tertiary/aromatic N) is 3. The van der Waals surface area contributed by atoms with Crippen LogP contribution in [0.4, 0.5) is 0 Å². The average molecular weight is 312 g/mol. The van der Waals surface area contributed by atoms with Gasteiger partial charge in [0.05, 0.1) is 17.8 Å². The molecule has 6 heteroatoms. The summed E-state index contributed by atoms with van der Waals surface area (Å²) in [6, 6.07) is 4.14. The second-order valence-corrected chi connectivity index (χ2v) is 6.00. The highest BCUT2D eigenvalue weighted by Gasteiger charge is 2.23. The molecule has 1 fully saturated rings. The molecule has 0 saturated heterocycles. The quantitative estimate of drug-likeness (QED) is 0.655. The van der Waals surface area contributed by atoms with Gasteiger partial charge in [0.1, 0.15) is 5.65 Å². The first kappa shape index (κ1) is 15.3. The fraction of sp³-hybridized carbons (Fsp3) is 0.353. The third kappa shape index (κ3) is 3.26. The number of carboxylic acid groups (broad SMARTS) is 1. The molecule has 23 heavy (non-hydrogen) atoms. The Morgan fingerprint density at radius 3 is 2.74 bits per heavy atom. The van der Waals surface area contributed by atoms with Crippen LogP contribution in [0.2, 0.25) is 0 Å². The van der Waals surface area contributed by atoms with E-state index in [0.29, 0.717) is 18.2 Å². The molecule has 3 N–H and O–H groups in total. The third-order valence-electron chi connectivity index (χ3n) is 4.02. The second-order valence-electron chi connectivity index (χ2n) is 6.00. The normalized spacial score (nSPS) is 16.5. The summed E-state index contributed by atoms with van der Waals surface area (Å²) in [5.41, 5.74) is 9.36. The largest absolute Gasteiger partial charge is 0.478 e. The molecule has 0 spiro atoms. The summed E-state index contributed by atoms with van der Waals surface area (Å²) in [6.07, 6.45) is 6.59. The van der Waals surface area contributed by atoms with E-state index < -0.39 is 5.97 Å². The molecule has 0 aromatic carbocycles. The molecule has 1 saturated carbocycles. The van der Waals surface area contributed by atoms with E-state index in [2.05, 4.69) is 22.2 Å². The third-order valence-corrected chi connectivity index (χ3v) is 4.02. The van der Waals surface area contributed by atoms with Crippen molar-refractivity contribution in [3.05, 3.63) is 47.1 Å².